The van der Waals surface area contributed by atoms with Crippen molar-refractivity contribution in [2.75, 3.05) is 20.6 Å². The zero-order chi connectivity index (χ0) is 37.4. The smallest absolute Gasteiger partial charge is 0.326 e. The van der Waals surface area contributed by atoms with Gasteiger partial charge in [-0.3, -0.25) is 19.4 Å². The van der Waals surface area contributed by atoms with Crippen LogP contribution in [0.3, 0.4) is 0 Å². The van der Waals surface area contributed by atoms with Gasteiger partial charge in [-0.15, -0.1) is 0 Å². The Labute approximate surface area is 290 Å². The van der Waals surface area contributed by atoms with E-state index in [0.717, 1.165) is 16.5 Å². The van der Waals surface area contributed by atoms with Crippen molar-refractivity contribution >= 4 is 40.6 Å². The van der Waals surface area contributed by atoms with E-state index in [-0.39, 0.29) is 42.2 Å². The fraction of sp³-hybridized carbons (Fsp3) is 0.583. The number of aliphatic imine (C=N–C) groups is 1. The fourth-order valence-corrected chi connectivity index (χ4v) is 6.17. The number of carbonyl (C=O) groups is 4. The van der Waals surface area contributed by atoms with Crippen LogP contribution >= 0.6 is 0 Å². The topological polar surface area (TPSA) is 197 Å². The molecule has 3 amide bonds. The highest BCUT2D eigenvalue weighted by atomic mass is 16.4. The summed E-state index contributed by atoms with van der Waals surface area (Å²) in [5, 5.41) is 19.5. The number of amides is 3. The van der Waals surface area contributed by atoms with Gasteiger partial charge in [-0.05, 0) is 49.8 Å². The minimum Gasteiger partial charge on any atom is -0.480 e. The minimum absolute atomic E-state index is 0.0899. The maximum atomic E-state index is 14.2. The lowest BCUT2D eigenvalue weighted by Crippen LogP contribution is -2.61. The van der Waals surface area contributed by atoms with Gasteiger partial charge in [0.05, 0.1) is 12.1 Å². The Hall–Kier alpha value is -4.39. The number of benzene rings is 1. The third-order valence-corrected chi connectivity index (χ3v) is 9.07. The van der Waals surface area contributed by atoms with Gasteiger partial charge in [0.2, 0.25) is 17.7 Å². The summed E-state index contributed by atoms with van der Waals surface area (Å²) in [6.45, 7) is 15.4. The van der Waals surface area contributed by atoms with Gasteiger partial charge in [0.15, 0.2) is 5.96 Å². The first-order chi connectivity index (χ1) is 22.6. The molecule has 0 spiro atoms. The molecule has 0 radical (unpaired) electrons. The van der Waals surface area contributed by atoms with E-state index >= 15 is 0 Å². The van der Waals surface area contributed by atoms with Crippen molar-refractivity contribution in [1.29, 1.82) is 0 Å². The number of nitrogens with two attached hydrogens (primary N) is 2. The van der Waals surface area contributed by atoms with E-state index in [1.165, 1.54) is 0 Å². The predicted octanol–water partition coefficient (Wildman–Crippen LogP) is 2.63. The Bertz CT molecular complexity index is 1550. The molecule has 0 aliphatic rings. The molecule has 13 heteroatoms. The van der Waals surface area contributed by atoms with Crippen LogP contribution < -0.4 is 27.4 Å². The molecule has 13 nitrogen and oxygen atoms in total. The molecule has 0 aliphatic heterocycles. The number of hydrogen-bond donors (Lipinski definition) is 6. The van der Waals surface area contributed by atoms with Crippen molar-refractivity contribution in [1.82, 2.24) is 25.4 Å². The monoisotopic (exact) mass is 682 g/mol. The molecular weight excluding hydrogens is 624 g/mol. The first-order valence-electron chi connectivity index (χ1n) is 16.7. The summed E-state index contributed by atoms with van der Waals surface area (Å²) in [6, 6.07) is 4.82. The Balaban J connectivity index is 2.33. The Morgan fingerprint density at radius 3 is 2.18 bits per heavy atom. The Morgan fingerprint density at radius 2 is 1.65 bits per heavy atom. The van der Waals surface area contributed by atoms with Crippen LogP contribution in [-0.4, -0.2) is 89.0 Å². The lowest BCUT2D eigenvalue weighted by atomic mass is 9.76. The Morgan fingerprint density at radius 1 is 1.04 bits per heavy atom. The van der Waals surface area contributed by atoms with Gasteiger partial charge in [0.1, 0.15) is 12.1 Å². The van der Waals surface area contributed by atoms with Crippen LogP contribution in [0.1, 0.15) is 73.8 Å². The number of carboxylic acids is 1. The summed E-state index contributed by atoms with van der Waals surface area (Å²) in [5.41, 5.74) is 11.7. The van der Waals surface area contributed by atoms with Gasteiger partial charge in [-0.2, -0.15) is 0 Å². The molecule has 4 atom stereocenters. The van der Waals surface area contributed by atoms with Crippen LogP contribution in [0.15, 0.2) is 47.1 Å². The Kier molecular flexibility index (Phi) is 14.0. The number of para-hydroxylation sites is 1. The summed E-state index contributed by atoms with van der Waals surface area (Å²) in [4.78, 5) is 58.7. The van der Waals surface area contributed by atoms with Crippen molar-refractivity contribution in [3.05, 3.63) is 47.7 Å². The van der Waals surface area contributed by atoms with E-state index in [1.807, 2.05) is 90.5 Å². The third-order valence-electron chi connectivity index (χ3n) is 9.07. The first-order valence-corrected chi connectivity index (χ1v) is 16.7. The summed E-state index contributed by atoms with van der Waals surface area (Å²) in [6.07, 6.45) is 4.20. The van der Waals surface area contributed by atoms with E-state index in [9.17, 15) is 24.3 Å². The van der Waals surface area contributed by atoms with Crippen LogP contribution in [0.2, 0.25) is 0 Å². The zero-order valence-corrected chi connectivity index (χ0v) is 31.0. The molecule has 0 saturated heterocycles. The number of aliphatic carboxylic acids is 1. The normalized spacial score (nSPS) is 14.9. The molecule has 272 valence electrons. The largest absolute Gasteiger partial charge is 0.480 e. The van der Waals surface area contributed by atoms with Crippen molar-refractivity contribution in [2.45, 2.75) is 97.8 Å². The maximum absolute atomic E-state index is 14.2. The predicted molar refractivity (Wildman–Crippen MR) is 195 cm³/mol. The molecule has 1 aromatic carbocycles. The molecule has 0 saturated carbocycles. The fourth-order valence-electron chi connectivity index (χ4n) is 6.17. The quantitative estimate of drug-likeness (QED) is 0.0672. The molecule has 0 unspecified atom stereocenters. The minimum atomic E-state index is -1.18. The van der Waals surface area contributed by atoms with Crippen molar-refractivity contribution in [3.63, 3.8) is 0 Å². The third kappa shape index (κ3) is 10.3. The summed E-state index contributed by atoms with van der Waals surface area (Å²) in [7, 11) is 5.37. The molecule has 1 aromatic heterocycles. The van der Waals surface area contributed by atoms with Crippen molar-refractivity contribution in [3.8, 4) is 0 Å². The maximum Gasteiger partial charge on any atom is 0.326 e. The van der Waals surface area contributed by atoms with E-state index in [4.69, 9.17) is 11.5 Å². The van der Waals surface area contributed by atoms with Gasteiger partial charge in [0.25, 0.3) is 0 Å². The standard InChI is InChI=1S/C36H58N8O5/c1-21(2)27(19-22(3)30(45)41-25(33(48)49)16-14-18-40-34(37)38)44(11)32(47)29(35(4,5)6)42-31(46)28(39-9)36(7,8)24-20-43(10)26-17-13-12-15-23(24)26/h12-13,15,17,19-21,25,27-29,39H,14,16,18H2,1-11H3,(H,41,45)(H,42,46)(H,48,49)(H4,37,38,40)/t25-,27+,28-,29+/m0/s1. The van der Waals surface area contributed by atoms with Crippen LogP contribution in [0.25, 0.3) is 10.9 Å². The number of hydrogen-bond acceptors (Lipinski definition) is 6. The highest BCUT2D eigenvalue weighted by Crippen LogP contribution is 2.35. The highest BCUT2D eigenvalue weighted by Gasteiger charge is 2.42. The van der Waals surface area contributed by atoms with Gasteiger partial charge in [-0.25, -0.2) is 4.79 Å². The number of carbonyl (C=O) groups excluding carboxylic acids is 3. The average Bonchev–Trinajstić information content (AvgIpc) is 3.35. The second-order valence-electron chi connectivity index (χ2n) is 14.8. The number of nitrogens with zero attached hydrogens (tertiary/aromatic N) is 3. The number of guanidine groups is 1. The summed E-state index contributed by atoms with van der Waals surface area (Å²) in [5.74, 6) is -2.57. The average molecular weight is 683 g/mol. The van der Waals surface area contributed by atoms with E-state index < -0.39 is 46.9 Å². The number of carboxylic acid groups (broad SMARTS) is 1. The number of aromatic nitrogens is 1. The number of likely N-dealkylation sites (N-methyl/N-ethyl adjacent to an activating group) is 2. The molecule has 8 N–H and O–H groups in total. The van der Waals surface area contributed by atoms with Crippen LogP contribution in [0, 0.1) is 11.3 Å². The molecular formula is C36H58N8O5. The second kappa shape index (κ2) is 16.8. The highest BCUT2D eigenvalue weighted by molar-refractivity contribution is 5.96. The SMILES string of the molecule is CN[C@@H](C(=O)N[C@H](C(=O)N(C)[C@H](C=C(C)C(=O)N[C@@H](CCCN=C(N)N)C(=O)O)C(C)C)C(C)(C)C)C(C)(C)c1cn(C)c2ccccc12. The van der Waals surface area contributed by atoms with Crippen molar-refractivity contribution < 1.29 is 24.3 Å². The number of nitrogens with one attached hydrogen (secondary N) is 3. The molecule has 0 aliphatic carbocycles. The van der Waals surface area contributed by atoms with Gasteiger partial charge < -0.3 is 42.0 Å². The number of fused-ring (bicyclic) bond motifs is 1. The van der Waals surface area contributed by atoms with Crippen molar-refractivity contribution in [2.24, 2.45) is 34.8 Å². The molecule has 2 rings (SSSR count). The first kappa shape index (κ1) is 40.8. The summed E-state index contributed by atoms with van der Waals surface area (Å²) >= 11 is 0. The van der Waals surface area contributed by atoms with Crippen LogP contribution in [0.5, 0.6) is 0 Å². The summed E-state index contributed by atoms with van der Waals surface area (Å²) < 4.78 is 2.05. The van der Waals surface area contributed by atoms with E-state index in [2.05, 4.69) is 20.9 Å². The zero-order valence-electron chi connectivity index (χ0n) is 31.0. The lowest BCUT2D eigenvalue weighted by Gasteiger charge is -2.39. The molecule has 49 heavy (non-hydrogen) atoms. The molecule has 1 heterocycles. The molecule has 2 aromatic rings. The molecule has 0 fully saturated rings. The van der Waals surface area contributed by atoms with Crippen LogP contribution in [0.4, 0.5) is 0 Å². The number of aryl methyl sites for hydroxylation is 1. The van der Waals surface area contributed by atoms with E-state index in [0.29, 0.717) is 6.42 Å². The molecule has 0 bridgehead atoms. The van der Waals surface area contributed by atoms with Gasteiger partial charge >= 0.3 is 5.97 Å². The van der Waals surface area contributed by atoms with E-state index in [1.54, 1.807) is 32.0 Å². The second-order valence-corrected chi connectivity index (χ2v) is 14.8. The van der Waals surface area contributed by atoms with Crippen LogP contribution in [-0.2, 0) is 31.6 Å². The number of rotatable bonds is 16. The lowest BCUT2D eigenvalue weighted by molar-refractivity contribution is -0.141. The van der Waals surface area contributed by atoms with Gasteiger partial charge in [0, 0.05) is 48.7 Å². The van der Waals surface area contributed by atoms with Gasteiger partial charge in [-0.1, -0.05) is 72.7 Å².